The van der Waals surface area contributed by atoms with Crippen molar-refractivity contribution in [1.29, 1.82) is 0 Å². The van der Waals surface area contributed by atoms with Gasteiger partial charge in [0.25, 0.3) is 0 Å². The number of rotatable bonds is 8. The fourth-order valence-electron chi connectivity index (χ4n) is 4.39. The maximum atomic E-state index is 6.12. The van der Waals surface area contributed by atoms with Crippen LogP contribution < -0.4 is 10.2 Å². The van der Waals surface area contributed by atoms with Crippen molar-refractivity contribution in [3.63, 3.8) is 0 Å². The third-order valence-corrected chi connectivity index (χ3v) is 6.47. The molecular formula is C26H38N2O. The van der Waals surface area contributed by atoms with Gasteiger partial charge >= 0.3 is 0 Å². The zero-order valence-corrected chi connectivity index (χ0v) is 18.9. The third-order valence-electron chi connectivity index (χ3n) is 6.47. The lowest BCUT2D eigenvalue weighted by atomic mass is 9.68. The van der Waals surface area contributed by atoms with Crippen molar-refractivity contribution in [2.45, 2.75) is 58.1 Å². The third kappa shape index (κ3) is 5.61. The molecule has 0 spiro atoms. The van der Waals surface area contributed by atoms with Gasteiger partial charge in [0.15, 0.2) is 0 Å². The van der Waals surface area contributed by atoms with Crippen molar-refractivity contribution >= 4 is 5.69 Å². The molecule has 2 aromatic rings. The van der Waals surface area contributed by atoms with Crippen molar-refractivity contribution < 1.29 is 4.74 Å². The summed E-state index contributed by atoms with van der Waals surface area (Å²) in [6.07, 6.45) is 3.73. The lowest BCUT2D eigenvalue weighted by Crippen LogP contribution is -2.42. The molecule has 2 atom stereocenters. The van der Waals surface area contributed by atoms with Gasteiger partial charge in [-0.2, -0.15) is 0 Å². The van der Waals surface area contributed by atoms with Gasteiger partial charge in [0.05, 0.1) is 6.10 Å². The van der Waals surface area contributed by atoms with Crippen LogP contribution in [0.2, 0.25) is 0 Å². The quantitative estimate of drug-likeness (QED) is 0.614. The maximum absolute atomic E-state index is 6.12. The average molecular weight is 395 g/mol. The van der Waals surface area contributed by atoms with E-state index in [2.05, 4.69) is 93.6 Å². The maximum Gasteiger partial charge on any atom is 0.0606 e. The SMILES string of the molecule is Cc1ccc([C@]2(CCNCc3ccc(N(C)C)cc3)CCO[C@@H](C(C)C)C2)cc1. The second-order valence-electron chi connectivity index (χ2n) is 9.24. The lowest BCUT2D eigenvalue weighted by Gasteiger charge is -2.43. The van der Waals surface area contributed by atoms with E-state index in [1.165, 1.54) is 22.4 Å². The fraction of sp³-hybridized carbons (Fsp3) is 0.538. The van der Waals surface area contributed by atoms with Crippen LogP contribution in [0.15, 0.2) is 48.5 Å². The molecule has 2 aromatic carbocycles. The molecular weight excluding hydrogens is 356 g/mol. The van der Waals surface area contributed by atoms with Crippen LogP contribution in [-0.4, -0.2) is 33.4 Å². The molecule has 158 valence electrons. The average Bonchev–Trinajstić information content (AvgIpc) is 2.72. The summed E-state index contributed by atoms with van der Waals surface area (Å²) in [6.45, 7) is 9.54. The monoisotopic (exact) mass is 394 g/mol. The van der Waals surface area contributed by atoms with Crippen LogP contribution in [0, 0.1) is 12.8 Å². The van der Waals surface area contributed by atoms with Gasteiger partial charge in [0, 0.05) is 38.3 Å². The molecule has 29 heavy (non-hydrogen) atoms. The Hall–Kier alpha value is -1.84. The number of ether oxygens (including phenoxy) is 1. The van der Waals surface area contributed by atoms with Crippen molar-refractivity contribution in [3.05, 3.63) is 65.2 Å². The van der Waals surface area contributed by atoms with Crippen LogP contribution in [0.1, 0.15) is 49.8 Å². The molecule has 0 aliphatic carbocycles. The number of nitrogens with zero attached hydrogens (tertiary/aromatic N) is 1. The number of nitrogens with one attached hydrogen (secondary N) is 1. The molecule has 3 heteroatoms. The largest absolute Gasteiger partial charge is 0.378 e. The highest BCUT2D eigenvalue weighted by Crippen LogP contribution is 2.41. The first-order valence-corrected chi connectivity index (χ1v) is 11.1. The highest BCUT2D eigenvalue weighted by atomic mass is 16.5. The second kappa shape index (κ2) is 9.77. The van der Waals surface area contributed by atoms with E-state index in [0.717, 1.165) is 39.0 Å². The van der Waals surface area contributed by atoms with Crippen molar-refractivity contribution in [2.75, 3.05) is 32.1 Å². The molecule has 0 bridgehead atoms. The highest BCUT2D eigenvalue weighted by molar-refractivity contribution is 5.45. The standard InChI is InChI=1S/C26H38N2O/c1-20(2)25-18-26(15-17-29-25,23-10-6-21(3)7-11-23)14-16-27-19-22-8-12-24(13-9-22)28(4)5/h6-13,20,25,27H,14-19H2,1-5H3/t25-,26-/m1/s1. The van der Waals surface area contributed by atoms with Gasteiger partial charge in [-0.15, -0.1) is 0 Å². The van der Waals surface area contributed by atoms with Crippen LogP contribution in [0.4, 0.5) is 5.69 Å². The molecule has 1 fully saturated rings. The lowest BCUT2D eigenvalue weighted by molar-refractivity contribution is -0.0469. The van der Waals surface area contributed by atoms with E-state index < -0.39 is 0 Å². The Kier molecular flexibility index (Phi) is 7.37. The predicted molar refractivity (Wildman–Crippen MR) is 124 cm³/mol. The van der Waals surface area contributed by atoms with E-state index in [-0.39, 0.29) is 5.41 Å². The molecule has 0 saturated carbocycles. The summed E-state index contributed by atoms with van der Waals surface area (Å²) in [5.41, 5.74) is 5.61. The number of aryl methyl sites for hydroxylation is 1. The molecule has 1 aliphatic rings. The van der Waals surface area contributed by atoms with E-state index in [1.807, 2.05) is 0 Å². The van der Waals surface area contributed by atoms with Crippen LogP contribution in [0.5, 0.6) is 0 Å². The smallest absolute Gasteiger partial charge is 0.0606 e. The Morgan fingerprint density at radius 2 is 1.76 bits per heavy atom. The summed E-state index contributed by atoms with van der Waals surface area (Å²) in [5.74, 6) is 0.559. The molecule has 0 radical (unpaired) electrons. The van der Waals surface area contributed by atoms with E-state index in [9.17, 15) is 0 Å². The van der Waals surface area contributed by atoms with Gasteiger partial charge in [-0.25, -0.2) is 0 Å². The molecule has 1 N–H and O–H groups in total. The zero-order valence-electron chi connectivity index (χ0n) is 18.9. The minimum Gasteiger partial charge on any atom is -0.378 e. The molecule has 0 amide bonds. The fourth-order valence-corrected chi connectivity index (χ4v) is 4.39. The number of hydrogen-bond acceptors (Lipinski definition) is 3. The number of anilines is 1. The minimum atomic E-state index is 0.211. The zero-order chi connectivity index (χ0) is 20.9. The van der Waals surface area contributed by atoms with Gasteiger partial charge < -0.3 is 15.0 Å². The van der Waals surface area contributed by atoms with E-state index in [4.69, 9.17) is 4.74 Å². The summed E-state index contributed by atoms with van der Waals surface area (Å²) >= 11 is 0. The summed E-state index contributed by atoms with van der Waals surface area (Å²) in [5, 5.41) is 3.69. The molecule has 0 unspecified atom stereocenters. The topological polar surface area (TPSA) is 24.5 Å². The molecule has 3 rings (SSSR count). The highest BCUT2D eigenvalue weighted by Gasteiger charge is 2.39. The summed E-state index contributed by atoms with van der Waals surface area (Å²) < 4.78 is 6.12. The Morgan fingerprint density at radius 1 is 1.07 bits per heavy atom. The van der Waals surface area contributed by atoms with E-state index in [0.29, 0.717) is 12.0 Å². The van der Waals surface area contributed by atoms with Crippen LogP contribution >= 0.6 is 0 Å². The first-order chi connectivity index (χ1) is 13.9. The first-order valence-electron chi connectivity index (χ1n) is 11.1. The van der Waals surface area contributed by atoms with Gasteiger partial charge in [-0.05, 0) is 61.9 Å². The summed E-state index contributed by atoms with van der Waals surface area (Å²) in [6, 6.07) is 18.0. The Morgan fingerprint density at radius 3 is 2.38 bits per heavy atom. The number of hydrogen-bond donors (Lipinski definition) is 1. The van der Waals surface area contributed by atoms with Crippen LogP contribution in [-0.2, 0) is 16.7 Å². The van der Waals surface area contributed by atoms with Crippen molar-refractivity contribution in [3.8, 4) is 0 Å². The summed E-state index contributed by atoms with van der Waals surface area (Å²) in [4.78, 5) is 2.14. The van der Waals surface area contributed by atoms with Crippen molar-refractivity contribution in [2.24, 2.45) is 5.92 Å². The summed E-state index contributed by atoms with van der Waals surface area (Å²) in [7, 11) is 4.16. The minimum absolute atomic E-state index is 0.211. The molecule has 1 aliphatic heterocycles. The first kappa shape index (κ1) is 21.9. The van der Waals surface area contributed by atoms with Gasteiger partial charge in [0.1, 0.15) is 0 Å². The van der Waals surface area contributed by atoms with Crippen LogP contribution in [0.3, 0.4) is 0 Å². The molecule has 1 heterocycles. The van der Waals surface area contributed by atoms with E-state index in [1.54, 1.807) is 0 Å². The van der Waals surface area contributed by atoms with E-state index >= 15 is 0 Å². The molecule has 0 aromatic heterocycles. The Bertz CT molecular complexity index is 751. The molecule has 1 saturated heterocycles. The number of benzene rings is 2. The predicted octanol–water partition coefficient (Wildman–Crippen LogP) is 5.31. The van der Waals surface area contributed by atoms with Gasteiger partial charge in [-0.1, -0.05) is 55.8 Å². The second-order valence-corrected chi connectivity index (χ2v) is 9.24. The Balaban J connectivity index is 1.65. The normalized spacial score (nSPS) is 22.1. The Labute approximate surface area is 177 Å². The van der Waals surface area contributed by atoms with Crippen LogP contribution in [0.25, 0.3) is 0 Å². The van der Waals surface area contributed by atoms with Gasteiger partial charge in [0.2, 0.25) is 0 Å². The van der Waals surface area contributed by atoms with Gasteiger partial charge in [-0.3, -0.25) is 0 Å². The molecule has 3 nitrogen and oxygen atoms in total. The van der Waals surface area contributed by atoms with Crippen molar-refractivity contribution in [1.82, 2.24) is 5.32 Å².